The second kappa shape index (κ2) is 5.83. The van der Waals surface area contributed by atoms with Gasteiger partial charge in [0.25, 0.3) is 0 Å². The van der Waals surface area contributed by atoms with Gasteiger partial charge in [0.15, 0.2) is 0 Å². The molecule has 0 aliphatic heterocycles. The van der Waals surface area contributed by atoms with E-state index in [0.717, 1.165) is 5.56 Å². The van der Waals surface area contributed by atoms with Crippen LogP contribution in [0.3, 0.4) is 0 Å². The van der Waals surface area contributed by atoms with Crippen molar-refractivity contribution in [3.63, 3.8) is 0 Å². The maximum absolute atomic E-state index is 13.3. The van der Waals surface area contributed by atoms with Gasteiger partial charge < -0.3 is 10.5 Å². The molecule has 0 fully saturated rings. The Morgan fingerprint density at radius 1 is 1.40 bits per heavy atom. The minimum absolute atomic E-state index is 0.226. The summed E-state index contributed by atoms with van der Waals surface area (Å²) < 4.78 is 18.7. The second-order valence-corrected chi connectivity index (χ2v) is 4.04. The van der Waals surface area contributed by atoms with Gasteiger partial charge in [0.05, 0.1) is 6.61 Å². The lowest BCUT2D eigenvalue weighted by molar-refractivity contribution is 0.0950. The fourth-order valence-corrected chi connectivity index (χ4v) is 1.27. The van der Waals surface area contributed by atoms with Gasteiger partial charge in [0.2, 0.25) is 0 Å². The molecule has 84 valence electrons. The van der Waals surface area contributed by atoms with Gasteiger partial charge in [0, 0.05) is 18.7 Å². The normalized spacial score (nSPS) is 11.0. The van der Waals surface area contributed by atoms with Gasteiger partial charge in [-0.1, -0.05) is 19.9 Å². The molecule has 2 nitrogen and oxygen atoms in total. The van der Waals surface area contributed by atoms with Crippen molar-refractivity contribution in [2.75, 3.05) is 6.61 Å². The Balaban J connectivity index is 2.59. The number of benzene rings is 1. The molecule has 0 atom stereocenters. The van der Waals surface area contributed by atoms with E-state index < -0.39 is 0 Å². The first kappa shape index (κ1) is 12.1. The Morgan fingerprint density at radius 3 is 2.73 bits per heavy atom. The SMILES string of the molecule is CC(C)COCc1cc(CN)ccc1F. The number of ether oxygens (including phenoxy) is 1. The highest BCUT2D eigenvalue weighted by Gasteiger charge is 2.03. The van der Waals surface area contributed by atoms with Crippen molar-refractivity contribution in [1.82, 2.24) is 0 Å². The minimum atomic E-state index is -0.226. The van der Waals surface area contributed by atoms with Crippen LogP contribution in [0.5, 0.6) is 0 Å². The van der Waals surface area contributed by atoms with Gasteiger partial charge in [-0.25, -0.2) is 4.39 Å². The molecule has 0 radical (unpaired) electrons. The van der Waals surface area contributed by atoms with Crippen molar-refractivity contribution < 1.29 is 9.13 Å². The Hall–Kier alpha value is -0.930. The molecule has 0 spiro atoms. The molecule has 0 saturated carbocycles. The molecular weight excluding hydrogens is 193 g/mol. The Morgan fingerprint density at radius 2 is 2.13 bits per heavy atom. The third kappa shape index (κ3) is 3.98. The molecule has 1 aromatic carbocycles. The highest BCUT2D eigenvalue weighted by atomic mass is 19.1. The zero-order valence-electron chi connectivity index (χ0n) is 9.29. The van der Waals surface area contributed by atoms with Crippen LogP contribution >= 0.6 is 0 Å². The zero-order chi connectivity index (χ0) is 11.3. The zero-order valence-corrected chi connectivity index (χ0v) is 9.29. The highest BCUT2D eigenvalue weighted by molar-refractivity contribution is 5.24. The van der Waals surface area contributed by atoms with E-state index >= 15 is 0 Å². The Bertz CT molecular complexity index is 312. The molecular formula is C12H18FNO. The van der Waals surface area contributed by atoms with E-state index in [1.807, 2.05) is 0 Å². The van der Waals surface area contributed by atoms with Crippen molar-refractivity contribution in [2.24, 2.45) is 11.7 Å². The molecule has 3 heteroatoms. The summed E-state index contributed by atoms with van der Waals surface area (Å²) in [7, 11) is 0. The Kier molecular flexibility index (Phi) is 4.72. The molecule has 0 unspecified atom stereocenters. The fraction of sp³-hybridized carbons (Fsp3) is 0.500. The average Bonchev–Trinajstić information content (AvgIpc) is 2.20. The molecule has 1 rings (SSSR count). The summed E-state index contributed by atoms with van der Waals surface area (Å²) in [6.07, 6.45) is 0. The summed E-state index contributed by atoms with van der Waals surface area (Å²) in [5.41, 5.74) is 6.99. The van der Waals surface area contributed by atoms with Crippen molar-refractivity contribution >= 4 is 0 Å². The van der Waals surface area contributed by atoms with Gasteiger partial charge in [0.1, 0.15) is 5.82 Å². The third-order valence-electron chi connectivity index (χ3n) is 2.05. The minimum Gasteiger partial charge on any atom is -0.376 e. The first-order valence-corrected chi connectivity index (χ1v) is 5.18. The quantitative estimate of drug-likeness (QED) is 0.812. The number of hydrogen-bond acceptors (Lipinski definition) is 2. The van der Waals surface area contributed by atoms with E-state index in [4.69, 9.17) is 10.5 Å². The van der Waals surface area contributed by atoms with Crippen LogP contribution < -0.4 is 5.73 Å². The molecule has 2 N–H and O–H groups in total. The van der Waals surface area contributed by atoms with E-state index in [1.165, 1.54) is 6.07 Å². The molecule has 0 saturated heterocycles. The molecule has 0 aliphatic carbocycles. The smallest absolute Gasteiger partial charge is 0.128 e. The monoisotopic (exact) mass is 211 g/mol. The first-order chi connectivity index (χ1) is 7.13. The van der Waals surface area contributed by atoms with Crippen LogP contribution in [0.1, 0.15) is 25.0 Å². The van der Waals surface area contributed by atoms with E-state index in [0.29, 0.717) is 31.2 Å². The predicted molar refractivity (Wildman–Crippen MR) is 58.8 cm³/mol. The number of rotatable bonds is 5. The lowest BCUT2D eigenvalue weighted by Crippen LogP contribution is -2.04. The number of halogens is 1. The van der Waals surface area contributed by atoms with Crippen molar-refractivity contribution in [1.29, 1.82) is 0 Å². The lowest BCUT2D eigenvalue weighted by atomic mass is 10.1. The molecule has 1 aromatic rings. The van der Waals surface area contributed by atoms with Gasteiger partial charge in [-0.15, -0.1) is 0 Å². The van der Waals surface area contributed by atoms with Crippen LogP contribution in [0.25, 0.3) is 0 Å². The van der Waals surface area contributed by atoms with Gasteiger partial charge in [-0.3, -0.25) is 0 Å². The fourth-order valence-electron chi connectivity index (χ4n) is 1.27. The lowest BCUT2D eigenvalue weighted by Gasteiger charge is -2.08. The number of hydrogen-bond donors (Lipinski definition) is 1. The van der Waals surface area contributed by atoms with Crippen molar-refractivity contribution in [3.8, 4) is 0 Å². The molecule has 0 aromatic heterocycles. The van der Waals surface area contributed by atoms with Gasteiger partial charge in [-0.05, 0) is 23.6 Å². The van der Waals surface area contributed by atoms with Crippen LogP contribution in [-0.4, -0.2) is 6.61 Å². The van der Waals surface area contributed by atoms with Gasteiger partial charge >= 0.3 is 0 Å². The molecule has 0 heterocycles. The highest BCUT2D eigenvalue weighted by Crippen LogP contribution is 2.12. The molecule has 15 heavy (non-hydrogen) atoms. The van der Waals surface area contributed by atoms with Crippen LogP contribution in [0.15, 0.2) is 18.2 Å². The summed E-state index contributed by atoms with van der Waals surface area (Å²) >= 11 is 0. The third-order valence-corrected chi connectivity index (χ3v) is 2.05. The summed E-state index contributed by atoms with van der Waals surface area (Å²) in [6, 6.07) is 4.90. The van der Waals surface area contributed by atoms with Gasteiger partial charge in [-0.2, -0.15) is 0 Å². The molecule has 0 amide bonds. The predicted octanol–water partition coefficient (Wildman–Crippen LogP) is 2.46. The largest absolute Gasteiger partial charge is 0.376 e. The van der Waals surface area contributed by atoms with Crippen LogP contribution in [0.2, 0.25) is 0 Å². The summed E-state index contributed by atoms with van der Waals surface area (Å²) in [5.74, 6) is 0.238. The second-order valence-electron chi connectivity index (χ2n) is 4.04. The standard InChI is InChI=1S/C12H18FNO/c1-9(2)7-15-8-11-5-10(6-14)3-4-12(11)13/h3-5,9H,6-8,14H2,1-2H3. The number of nitrogens with two attached hydrogens (primary N) is 1. The maximum Gasteiger partial charge on any atom is 0.128 e. The maximum atomic E-state index is 13.3. The van der Waals surface area contributed by atoms with E-state index in [2.05, 4.69) is 13.8 Å². The van der Waals surface area contributed by atoms with Crippen molar-refractivity contribution in [2.45, 2.75) is 27.0 Å². The summed E-state index contributed by atoms with van der Waals surface area (Å²) in [4.78, 5) is 0. The summed E-state index contributed by atoms with van der Waals surface area (Å²) in [5, 5.41) is 0. The van der Waals surface area contributed by atoms with Crippen LogP contribution in [-0.2, 0) is 17.9 Å². The Labute approximate surface area is 90.2 Å². The van der Waals surface area contributed by atoms with Crippen LogP contribution in [0.4, 0.5) is 4.39 Å². The first-order valence-electron chi connectivity index (χ1n) is 5.18. The summed E-state index contributed by atoms with van der Waals surface area (Å²) in [6.45, 7) is 5.51. The van der Waals surface area contributed by atoms with Crippen LogP contribution in [0, 0.1) is 11.7 Å². The molecule has 0 aliphatic rings. The molecule has 0 bridgehead atoms. The van der Waals surface area contributed by atoms with Crippen molar-refractivity contribution in [3.05, 3.63) is 35.1 Å². The van der Waals surface area contributed by atoms with E-state index in [-0.39, 0.29) is 5.82 Å². The van der Waals surface area contributed by atoms with E-state index in [9.17, 15) is 4.39 Å². The average molecular weight is 211 g/mol. The van der Waals surface area contributed by atoms with E-state index in [1.54, 1.807) is 12.1 Å². The topological polar surface area (TPSA) is 35.2 Å².